The van der Waals surface area contributed by atoms with Gasteiger partial charge in [-0.05, 0) is 82.2 Å². The van der Waals surface area contributed by atoms with Crippen LogP contribution >= 0.6 is 0 Å². The van der Waals surface area contributed by atoms with E-state index in [1.165, 1.54) is 22.3 Å². The van der Waals surface area contributed by atoms with Gasteiger partial charge in [0.05, 0.1) is 0 Å². The molecule has 2 heterocycles. The molecule has 0 fully saturated rings. The molecule has 0 amide bonds. The summed E-state index contributed by atoms with van der Waals surface area (Å²) in [4.78, 5) is 6.79. The summed E-state index contributed by atoms with van der Waals surface area (Å²) >= 11 is 0. The zero-order chi connectivity index (χ0) is 27.9. The Bertz CT molecular complexity index is 2180. The topological polar surface area (TPSA) is 29.3 Å². The standard InChI is InChI=1S/C39H26N2O/c1-3-9-27(10-4-1)29-16-20-32(21-17-29)41(33-14-7-13-31(25-33)28-11-5-2-6-12-28)34-22-18-30-19-23-35-36-15-8-24-40-39(36)42-38(35)37(30)26-34/h1-26H. The highest BCUT2D eigenvalue weighted by Crippen LogP contribution is 2.40. The van der Waals surface area contributed by atoms with Gasteiger partial charge in [0.25, 0.3) is 0 Å². The number of fused-ring (bicyclic) bond motifs is 5. The highest BCUT2D eigenvalue weighted by atomic mass is 16.3. The van der Waals surface area contributed by atoms with Gasteiger partial charge in [0.2, 0.25) is 5.71 Å². The Balaban J connectivity index is 1.32. The first kappa shape index (κ1) is 24.2. The SMILES string of the molecule is c1ccc(-c2ccc(N(c3cccc(-c4ccccc4)c3)c3ccc4ccc5c6cccnc6oc5c4c3)cc2)cc1. The lowest BCUT2D eigenvalue weighted by Crippen LogP contribution is -2.10. The number of rotatable bonds is 5. The summed E-state index contributed by atoms with van der Waals surface area (Å²) in [5.41, 5.74) is 9.50. The molecule has 0 aliphatic heterocycles. The molecule has 2 aromatic heterocycles. The predicted octanol–water partition coefficient (Wildman–Crippen LogP) is 10.9. The Labute approximate surface area is 243 Å². The van der Waals surface area contributed by atoms with E-state index in [0.717, 1.165) is 44.2 Å². The first-order valence-corrected chi connectivity index (χ1v) is 14.1. The second-order valence-corrected chi connectivity index (χ2v) is 10.5. The van der Waals surface area contributed by atoms with Crippen LogP contribution in [0.4, 0.5) is 17.1 Å². The first-order chi connectivity index (χ1) is 20.8. The quantitative estimate of drug-likeness (QED) is 0.218. The van der Waals surface area contributed by atoms with Crippen molar-refractivity contribution in [3.8, 4) is 22.3 Å². The molecule has 0 saturated carbocycles. The maximum Gasteiger partial charge on any atom is 0.227 e. The summed E-state index contributed by atoms with van der Waals surface area (Å²) in [6.45, 7) is 0. The molecule has 0 aliphatic carbocycles. The molecule has 198 valence electrons. The fraction of sp³-hybridized carbons (Fsp3) is 0. The third-order valence-electron chi connectivity index (χ3n) is 7.92. The predicted molar refractivity (Wildman–Crippen MR) is 175 cm³/mol. The van der Waals surface area contributed by atoms with Gasteiger partial charge in [-0.25, -0.2) is 4.98 Å². The van der Waals surface area contributed by atoms with Crippen molar-refractivity contribution in [2.75, 3.05) is 4.90 Å². The molecule has 42 heavy (non-hydrogen) atoms. The van der Waals surface area contributed by atoms with Crippen molar-refractivity contribution in [2.45, 2.75) is 0 Å². The largest absolute Gasteiger partial charge is 0.437 e. The Morgan fingerprint density at radius 2 is 1.07 bits per heavy atom. The number of furan rings is 1. The van der Waals surface area contributed by atoms with Gasteiger partial charge in [-0.2, -0.15) is 0 Å². The van der Waals surface area contributed by atoms with Crippen molar-refractivity contribution in [3.63, 3.8) is 0 Å². The third-order valence-corrected chi connectivity index (χ3v) is 7.92. The van der Waals surface area contributed by atoms with Crippen LogP contribution in [0.2, 0.25) is 0 Å². The van der Waals surface area contributed by atoms with Crippen LogP contribution in [0, 0.1) is 0 Å². The highest BCUT2D eigenvalue weighted by molar-refractivity contribution is 6.15. The van der Waals surface area contributed by atoms with E-state index >= 15 is 0 Å². The number of anilines is 3. The van der Waals surface area contributed by atoms with Gasteiger partial charge in [0.1, 0.15) is 5.58 Å². The summed E-state index contributed by atoms with van der Waals surface area (Å²) in [5.74, 6) is 0. The second-order valence-electron chi connectivity index (χ2n) is 10.5. The summed E-state index contributed by atoms with van der Waals surface area (Å²) in [5, 5.41) is 4.30. The van der Waals surface area contributed by atoms with E-state index in [1.807, 2.05) is 12.1 Å². The molecule has 3 heteroatoms. The number of aromatic nitrogens is 1. The number of nitrogens with zero attached hydrogens (tertiary/aromatic N) is 2. The maximum absolute atomic E-state index is 6.32. The molecule has 0 bridgehead atoms. The number of hydrogen-bond donors (Lipinski definition) is 0. The Kier molecular flexibility index (Phi) is 5.79. The molecular formula is C39H26N2O. The Morgan fingerprint density at radius 1 is 0.429 bits per heavy atom. The average molecular weight is 539 g/mol. The lowest BCUT2D eigenvalue weighted by molar-refractivity contribution is 0.657. The van der Waals surface area contributed by atoms with Gasteiger partial charge in [-0.1, -0.05) is 97.1 Å². The minimum atomic E-state index is 0.661. The molecule has 3 nitrogen and oxygen atoms in total. The van der Waals surface area contributed by atoms with E-state index in [1.54, 1.807) is 6.20 Å². The minimum absolute atomic E-state index is 0.661. The van der Waals surface area contributed by atoms with E-state index < -0.39 is 0 Å². The fourth-order valence-corrected chi connectivity index (χ4v) is 5.85. The van der Waals surface area contributed by atoms with E-state index in [9.17, 15) is 0 Å². The molecule has 0 N–H and O–H groups in total. The van der Waals surface area contributed by atoms with Crippen molar-refractivity contribution in [1.82, 2.24) is 4.98 Å². The number of benzene rings is 6. The normalized spacial score (nSPS) is 11.3. The third kappa shape index (κ3) is 4.20. The van der Waals surface area contributed by atoms with Gasteiger partial charge in [-0.15, -0.1) is 0 Å². The number of pyridine rings is 1. The zero-order valence-corrected chi connectivity index (χ0v) is 22.8. The molecule has 0 aliphatic rings. The van der Waals surface area contributed by atoms with Crippen LogP contribution in [0.25, 0.3) is 55.1 Å². The van der Waals surface area contributed by atoms with Crippen LogP contribution in [0.3, 0.4) is 0 Å². The lowest BCUT2D eigenvalue weighted by atomic mass is 10.0. The van der Waals surface area contributed by atoms with E-state index in [-0.39, 0.29) is 0 Å². The molecule has 8 aromatic rings. The van der Waals surface area contributed by atoms with Gasteiger partial charge >= 0.3 is 0 Å². The van der Waals surface area contributed by atoms with Gasteiger partial charge < -0.3 is 9.32 Å². The molecule has 8 rings (SSSR count). The van der Waals surface area contributed by atoms with Crippen molar-refractivity contribution >= 4 is 49.9 Å². The van der Waals surface area contributed by atoms with Crippen LogP contribution in [-0.4, -0.2) is 4.98 Å². The van der Waals surface area contributed by atoms with Crippen LogP contribution in [0.1, 0.15) is 0 Å². The molecule has 0 atom stereocenters. The van der Waals surface area contributed by atoms with Crippen LogP contribution in [0.15, 0.2) is 162 Å². The lowest BCUT2D eigenvalue weighted by Gasteiger charge is -2.26. The summed E-state index contributed by atoms with van der Waals surface area (Å²) in [6.07, 6.45) is 1.78. The second kappa shape index (κ2) is 10.1. The minimum Gasteiger partial charge on any atom is -0.437 e. The van der Waals surface area contributed by atoms with E-state index in [2.05, 4.69) is 149 Å². The average Bonchev–Trinajstić information content (AvgIpc) is 3.46. The molecular weight excluding hydrogens is 512 g/mol. The summed E-state index contributed by atoms with van der Waals surface area (Å²) < 4.78 is 6.32. The van der Waals surface area contributed by atoms with Crippen molar-refractivity contribution in [2.24, 2.45) is 0 Å². The van der Waals surface area contributed by atoms with Crippen molar-refractivity contribution < 1.29 is 4.42 Å². The Morgan fingerprint density at radius 3 is 1.86 bits per heavy atom. The van der Waals surface area contributed by atoms with Gasteiger partial charge in [0.15, 0.2) is 0 Å². The van der Waals surface area contributed by atoms with Crippen LogP contribution in [-0.2, 0) is 0 Å². The molecule has 0 radical (unpaired) electrons. The fourth-order valence-electron chi connectivity index (χ4n) is 5.85. The van der Waals surface area contributed by atoms with E-state index in [0.29, 0.717) is 5.71 Å². The van der Waals surface area contributed by atoms with Crippen molar-refractivity contribution in [1.29, 1.82) is 0 Å². The van der Waals surface area contributed by atoms with Gasteiger partial charge in [-0.3, -0.25) is 0 Å². The number of hydrogen-bond acceptors (Lipinski definition) is 3. The molecule has 6 aromatic carbocycles. The Hall–Kier alpha value is -5.67. The van der Waals surface area contributed by atoms with E-state index in [4.69, 9.17) is 4.42 Å². The molecule has 0 unspecified atom stereocenters. The van der Waals surface area contributed by atoms with Crippen LogP contribution < -0.4 is 4.90 Å². The smallest absolute Gasteiger partial charge is 0.227 e. The maximum atomic E-state index is 6.32. The van der Waals surface area contributed by atoms with Crippen LogP contribution in [0.5, 0.6) is 0 Å². The highest BCUT2D eigenvalue weighted by Gasteiger charge is 2.17. The summed E-state index contributed by atoms with van der Waals surface area (Å²) in [7, 11) is 0. The summed E-state index contributed by atoms with van der Waals surface area (Å²) in [6, 6.07) is 53.5. The molecule has 0 saturated heterocycles. The van der Waals surface area contributed by atoms with Crippen molar-refractivity contribution in [3.05, 3.63) is 158 Å². The van der Waals surface area contributed by atoms with Gasteiger partial charge in [0, 0.05) is 39.4 Å². The molecule has 0 spiro atoms. The monoisotopic (exact) mass is 538 g/mol. The first-order valence-electron chi connectivity index (χ1n) is 14.1. The zero-order valence-electron chi connectivity index (χ0n) is 22.8.